The average Bonchev–Trinajstić information content (AvgIpc) is 2.47. The minimum Gasteiger partial charge on any atom is -0.382 e. The third kappa shape index (κ3) is 3.77. The third-order valence-corrected chi connectivity index (χ3v) is 5.12. The highest BCUT2D eigenvalue weighted by Gasteiger charge is 2.27. The molecule has 2 rings (SSSR count). The molecule has 0 bridgehead atoms. The minimum absolute atomic E-state index is 0.665. The van der Waals surface area contributed by atoms with Gasteiger partial charge >= 0.3 is 0 Å². The van der Waals surface area contributed by atoms with Gasteiger partial charge in [-0.3, -0.25) is 0 Å². The second-order valence-electron chi connectivity index (χ2n) is 6.87. The summed E-state index contributed by atoms with van der Waals surface area (Å²) in [6, 6.07) is 9.80. The van der Waals surface area contributed by atoms with Crippen molar-refractivity contribution < 1.29 is 0 Å². The first-order valence-corrected chi connectivity index (χ1v) is 8.48. The fraction of sp³-hybridized carbons (Fsp3) is 0.684. The van der Waals surface area contributed by atoms with Crippen molar-refractivity contribution >= 4 is 5.69 Å². The van der Waals surface area contributed by atoms with E-state index in [1.807, 2.05) is 0 Å². The number of hydrogen-bond acceptors (Lipinski definition) is 1. The van der Waals surface area contributed by atoms with Gasteiger partial charge in [-0.25, -0.2) is 0 Å². The first-order chi connectivity index (χ1) is 9.61. The number of anilines is 1. The van der Waals surface area contributed by atoms with Crippen LogP contribution in [-0.4, -0.2) is 6.04 Å². The molecule has 0 radical (unpaired) electrons. The van der Waals surface area contributed by atoms with Crippen LogP contribution in [0.25, 0.3) is 0 Å². The van der Waals surface area contributed by atoms with Gasteiger partial charge in [0, 0.05) is 11.7 Å². The lowest BCUT2D eigenvalue weighted by Gasteiger charge is -2.35. The molecule has 0 heterocycles. The summed E-state index contributed by atoms with van der Waals surface area (Å²) in [6.45, 7) is 9.30. The van der Waals surface area contributed by atoms with Crippen molar-refractivity contribution in [3.05, 3.63) is 29.8 Å². The van der Waals surface area contributed by atoms with Crippen LogP contribution in [0.2, 0.25) is 0 Å². The van der Waals surface area contributed by atoms with Gasteiger partial charge in [0.25, 0.3) is 0 Å². The monoisotopic (exact) mass is 273 g/mol. The summed E-state index contributed by atoms with van der Waals surface area (Å²) >= 11 is 0. The van der Waals surface area contributed by atoms with E-state index >= 15 is 0 Å². The topological polar surface area (TPSA) is 12.0 Å². The van der Waals surface area contributed by atoms with Crippen molar-refractivity contribution in [2.75, 3.05) is 5.32 Å². The summed E-state index contributed by atoms with van der Waals surface area (Å²) < 4.78 is 0. The highest BCUT2D eigenvalue weighted by atomic mass is 14.9. The standard InChI is InChI=1S/C19H31N/c1-5-15(4)16-10-12-17(13-11-16)20-19-9-7-6-8-18(19)14(2)3/h10-15,18-20H,5-9H2,1-4H3. The lowest BCUT2D eigenvalue weighted by atomic mass is 9.78. The molecule has 1 aromatic rings. The van der Waals surface area contributed by atoms with Crippen molar-refractivity contribution in [2.24, 2.45) is 11.8 Å². The number of nitrogens with one attached hydrogen (secondary N) is 1. The molecule has 112 valence electrons. The van der Waals surface area contributed by atoms with Gasteiger partial charge in [-0.2, -0.15) is 0 Å². The largest absolute Gasteiger partial charge is 0.382 e. The third-order valence-electron chi connectivity index (χ3n) is 5.12. The lowest BCUT2D eigenvalue weighted by Crippen LogP contribution is -2.35. The van der Waals surface area contributed by atoms with Gasteiger partial charge in [0.1, 0.15) is 0 Å². The molecule has 0 saturated heterocycles. The number of benzene rings is 1. The summed E-state index contributed by atoms with van der Waals surface area (Å²) in [5.41, 5.74) is 2.76. The molecule has 1 nitrogen and oxygen atoms in total. The van der Waals surface area contributed by atoms with E-state index in [2.05, 4.69) is 57.3 Å². The van der Waals surface area contributed by atoms with Gasteiger partial charge < -0.3 is 5.32 Å². The van der Waals surface area contributed by atoms with Crippen LogP contribution in [0.1, 0.15) is 71.3 Å². The quantitative estimate of drug-likeness (QED) is 0.712. The van der Waals surface area contributed by atoms with Gasteiger partial charge in [-0.05, 0) is 54.7 Å². The molecule has 1 aliphatic carbocycles. The van der Waals surface area contributed by atoms with Gasteiger partial charge in [-0.1, -0.05) is 52.7 Å². The highest BCUT2D eigenvalue weighted by molar-refractivity contribution is 5.46. The molecule has 0 amide bonds. The lowest BCUT2D eigenvalue weighted by molar-refractivity contribution is 0.254. The Morgan fingerprint density at radius 1 is 1.05 bits per heavy atom. The van der Waals surface area contributed by atoms with E-state index in [-0.39, 0.29) is 0 Å². The summed E-state index contributed by atoms with van der Waals surface area (Å²) in [7, 11) is 0. The number of rotatable bonds is 5. The van der Waals surface area contributed by atoms with E-state index in [9.17, 15) is 0 Å². The maximum atomic E-state index is 3.80. The van der Waals surface area contributed by atoms with Crippen molar-refractivity contribution in [3.8, 4) is 0 Å². The van der Waals surface area contributed by atoms with E-state index < -0.39 is 0 Å². The summed E-state index contributed by atoms with van der Waals surface area (Å²) in [5.74, 6) is 2.28. The van der Waals surface area contributed by atoms with Crippen molar-refractivity contribution in [1.29, 1.82) is 0 Å². The molecule has 0 spiro atoms. The van der Waals surface area contributed by atoms with Gasteiger partial charge in [0.2, 0.25) is 0 Å². The molecule has 1 heteroatoms. The van der Waals surface area contributed by atoms with Crippen LogP contribution in [-0.2, 0) is 0 Å². The van der Waals surface area contributed by atoms with E-state index in [0.717, 1.165) is 11.8 Å². The molecule has 1 aliphatic rings. The fourth-order valence-electron chi connectivity index (χ4n) is 3.49. The van der Waals surface area contributed by atoms with E-state index in [0.29, 0.717) is 12.0 Å². The molecule has 0 aliphatic heterocycles. The second kappa shape index (κ2) is 7.15. The van der Waals surface area contributed by atoms with Crippen molar-refractivity contribution in [3.63, 3.8) is 0 Å². The van der Waals surface area contributed by atoms with E-state index in [1.165, 1.54) is 43.4 Å². The van der Waals surface area contributed by atoms with Crippen LogP contribution in [0.5, 0.6) is 0 Å². The van der Waals surface area contributed by atoms with Crippen LogP contribution < -0.4 is 5.32 Å². The van der Waals surface area contributed by atoms with Crippen molar-refractivity contribution in [2.45, 2.75) is 71.8 Å². The average molecular weight is 273 g/mol. The Morgan fingerprint density at radius 2 is 1.70 bits per heavy atom. The molecule has 1 saturated carbocycles. The number of hydrogen-bond donors (Lipinski definition) is 1. The van der Waals surface area contributed by atoms with Gasteiger partial charge in [0.15, 0.2) is 0 Å². The Kier molecular flexibility index (Phi) is 5.51. The van der Waals surface area contributed by atoms with Crippen LogP contribution in [0.4, 0.5) is 5.69 Å². The zero-order valence-electron chi connectivity index (χ0n) is 13.7. The summed E-state index contributed by atoms with van der Waals surface area (Å²) in [5, 5.41) is 3.80. The van der Waals surface area contributed by atoms with Crippen LogP contribution in [0, 0.1) is 11.8 Å². The molecule has 20 heavy (non-hydrogen) atoms. The van der Waals surface area contributed by atoms with Crippen LogP contribution in [0.3, 0.4) is 0 Å². The van der Waals surface area contributed by atoms with Gasteiger partial charge in [0.05, 0.1) is 0 Å². The predicted molar refractivity (Wildman–Crippen MR) is 89.4 cm³/mol. The fourth-order valence-corrected chi connectivity index (χ4v) is 3.49. The van der Waals surface area contributed by atoms with Gasteiger partial charge in [-0.15, -0.1) is 0 Å². The SMILES string of the molecule is CCC(C)c1ccc(NC2CCCCC2C(C)C)cc1. The molecular formula is C19H31N. The molecule has 1 aromatic carbocycles. The molecule has 1 N–H and O–H groups in total. The van der Waals surface area contributed by atoms with E-state index in [4.69, 9.17) is 0 Å². The smallest absolute Gasteiger partial charge is 0.0342 e. The maximum absolute atomic E-state index is 3.80. The Bertz CT molecular complexity index is 393. The zero-order chi connectivity index (χ0) is 14.5. The Balaban J connectivity index is 2.01. The maximum Gasteiger partial charge on any atom is 0.0342 e. The molecule has 3 unspecified atom stereocenters. The molecule has 3 atom stereocenters. The molecule has 1 fully saturated rings. The molecular weight excluding hydrogens is 242 g/mol. The van der Waals surface area contributed by atoms with Crippen molar-refractivity contribution in [1.82, 2.24) is 0 Å². The zero-order valence-corrected chi connectivity index (χ0v) is 13.7. The second-order valence-corrected chi connectivity index (χ2v) is 6.87. The first kappa shape index (κ1) is 15.4. The van der Waals surface area contributed by atoms with Crippen LogP contribution in [0.15, 0.2) is 24.3 Å². The Labute approximate surface area is 125 Å². The van der Waals surface area contributed by atoms with E-state index in [1.54, 1.807) is 0 Å². The molecule has 0 aromatic heterocycles. The first-order valence-electron chi connectivity index (χ1n) is 8.48. The minimum atomic E-state index is 0.665. The summed E-state index contributed by atoms with van der Waals surface area (Å²) in [6.07, 6.45) is 6.72. The Hall–Kier alpha value is -0.980. The van der Waals surface area contributed by atoms with Crippen LogP contribution >= 0.6 is 0 Å². The Morgan fingerprint density at radius 3 is 2.30 bits per heavy atom. The predicted octanol–water partition coefficient (Wildman–Crippen LogP) is 5.83. The highest BCUT2D eigenvalue weighted by Crippen LogP contribution is 2.32. The normalized spacial score (nSPS) is 24.6. The summed E-state index contributed by atoms with van der Waals surface area (Å²) in [4.78, 5) is 0.